The van der Waals surface area contributed by atoms with Crippen LogP contribution >= 0.6 is 0 Å². The SMILES string of the molecule is C/C=C1\[N-]c2ccccc2C(=O)N1[NH-].[Li+].[Li+]. The summed E-state index contributed by atoms with van der Waals surface area (Å²) < 4.78 is 0. The fourth-order valence-corrected chi connectivity index (χ4v) is 1.34. The number of carbonyl (C=O) groups is 1. The number of fused-ring (bicyclic) bond motifs is 1. The van der Waals surface area contributed by atoms with Gasteiger partial charge in [0, 0.05) is 5.56 Å². The van der Waals surface area contributed by atoms with Crippen LogP contribution in [0.3, 0.4) is 0 Å². The number of allylic oxidation sites excluding steroid dienone is 1. The Hall–Kier alpha value is -0.615. The Kier molecular flexibility index (Phi) is 5.96. The molecule has 0 radical (unpaired) electrons. The van der Waals surface area contributed by atoms with Crippen LogP contribution in [0.5, 0.6) is 0 Å². The van der Waals surface area contributed by atoms with Gasteiger partial charge in [-0.2, -0.15) is 0 Å². The summed E-state index contributed by atoms with van der Waals surface area (Å²) in [4.78, 5) is 11.6. The molecule has 0 saturated carbocycles. The van der Waals surface area contributed by atoms with Crippen LogP contribution in [0.1, 0.15) is 17.3 Å². The van der Waals surface area contributed by atoms with E-state index in [1.807, 2.05) is 6.07 Å². The summed E-state index contributed by atoms with van der Waals surface area (Å²) >= 11 is 0. The van der Waals surface area contributed by atoms with Crippen molar-refractivity contribution in [1.29, 1.82) is 0 Å². The normalized spacial score (nSPS) is 15.8. The molecule has 1 aliphatic rings. The first kappa shape index (κ1) is 15.4. The zero-order valence-corrected chi connectivity index (χ0v) is 9.69. The van der Waals surface area contributed by atoms with Crippen LogP contribution in [-0.2, 0) is 0 Å². The summed E-state index contributed by atoms with van der Waals surface area (Å²) in [5.41, 5.74) is 1.11. The summed E-state index contributed by atoms with van der Waals surface area (Å²) in [6, 6.07) is 7.03. The topological polar surface area (TPSA) is 58.2 Å². The van der Waals surface area contributed by atoms with Gasteiger partial charge in [0.2, 0.25) is 0 Å². The van der Waals surface area contributed by atoms with Crippen molar-refractivity contribution in [2.45, 2.75) is 6.92 Å². The van der Waals surface area contributed by atoms with Crippen LogP contribution in [0, 0.1) is 0 Å². The van der Waals surface area contributed by atoms with Gasteiger partial charge in [0.25, 0.3) is 0 Å². The molecule has 72 valence electrons. The van der Waals surface area contributed by atoms with Crippen LogP contribution in [-0.4, -0.2) is 10.9 Å². The summed E-state index contributed by atoms with van der Waals surface area (Å²) in [7, 11) is 0. The van der Waals surface area contributed by atoms with Gasteiger partial charge in [-0.25, -0.2) is 0 Å². The number of para-hydroxylation sites is 1. The third-order valence-corrected chi connectivity index (χ3v) is 2.06. The fourth-order valence-electron chi connectivity index (χ4n) is 1.34. The number of hydrogen-bond acceptors (Lipinski definition) is 1. The van der Waals surface area contributed by atoms with Crippen molar-refractivity contribution in [2.24, 2.45) is 0 Å². The number of hydrogen-bond donors (Lipinski definition) is 0. The maximum absolute atomic E-state index is 11.6. The van der Waals surface area contributed by atoms with Crippen LogP contribution in [0.15, 0.2) is 36.2 Å². The van der Waals surface area contributed by atoms with Crippen molar-refractivity contribution in [2.75, 3.05) is 0 Å². The molecule has 4 nitrogen and oxygen atoms in total. The molecule has 1 aromatic carbocycles. The molecule has 0 atom stereocenters. The van der Waals surface area contributed by atoms with E-state index in [0.717, 1.165) is 5.01 Å². The molecule has 0 fully saturated rings. The molecular weight excluding hydrogens is 192 g/mol. The minimum atomic E-state index is -0.330. The van der Waals surface area contributed by atoms with Crippen LogP contribution in [0.2, 0.25) is 0 Å². The Morgan fingerprint density at radius 3 is 2.56 bits per heavy atom. The van der Waals surface area contributed by atoms with Gasteiger partial charge >= 0.3 is 37.7 Å². The number of nitrogens with zero attached hydrogens (tertiary/aromatic N) is 2. The molecule has 1 aliphatic heterocycles. The molecule has 16 heavy (non-hydrogen) atoms. The number of amides is 1. The zero-order chi connectivity index (χ0) is 10.1. The van der Waals surface area contributed by atoms with Crippen molar-refractivity contribution in [3.63, 3.8) is 0 Å². The van der Waals surface area contributed by atoms with Gasteiger partial charge in [-0.15, -0.1) is 0 Å². The number of carbonyl (C=O) groups excluding carboxylic acids is 1. The molecule has 0 bridgehead atoms. The van der Waals surface area contributed by atoms with Crippen LogP contribution in [0.25, 0.3) is 11.2 Å². The summed E-state index contributed by atoms with van der Waals surface area (Å²) in [5, 5.41) is 4.98. The Bertz CT molecular complexity index is 420. The Labute approximate surface area is 119 Å². The largest absolute Gasteiger partial charge is 1.00 e. The molecule has 1 amide bonds. The second-order valence-corrected chi connectivity index (χ2v) is 2.92. The molecule has 0 spiro atoms. The first-order valence-corrected chi connectivity index (χ1v) is 4.27. The van der Waals surface area contributed by atoms with E-state index in [0.29, 0.717) is 17.1 Å². The van der Waals surface area contributed by atoms with Crippen LogP contribution in [0.4, 0.5) is 5.69 Å². The van der Waals surface area contributed by atoms with E-state index in [2.05, 4.69) is 5.32 Å². The van der Waals surface area contributed by atoms with Crippen molar-refractivity contribution in [1.82, 2.24) is 5.01 Å². The van der Waals surface area contributed by atoms with Crippen LogP contribution < -0.4 is 37.7 Å². The zero-order valence-electron chi connectivity index (χ0n) is 9.69. The van der Waals surface area contributed by atoms with E-state index < -0.39 is 0 Å². The second-order valence-electron chi connectivity index (χ2n) is 2.92. The predicted octanol–water partition coefficient (Wildman–Crippen LogP) is -3.02. The Balaban J connectivity index is 0.00000112. The average molecular weight is 201 g/mol. The molecule has 6 heteroatoms. The minimum absolute atomic E-state index is 0. The molecule has 2 rings (SSSR count). The smallest absolute Gasteiger partial charge is 0.676 e. The fraction of sp³-hybridized carbons (Fsp3) is 0.100. The Morgan fingerprint density at radius 1 is 1.31 bits per heavy atom. The quantitative estimate of drug-likeness (QED) is 0.412. The van der Waals surface area contributed by atoms with E-state index in [-0.39, 0.29) is 43.6 Å². The number of rotatable bonds is 0. The van der Waals surface area contributed by atoms with Crippen molar-refractivity contribution in [3.05, 3.63) is 52.9 Å². The number of nitrogens with one attached hydrogen (secondary N) is 1. The molecule has 0 aromatic heterocycles. The van der Waals surface area contributed by atoms with E-state index in [9.17, 15) is 4.79 Å². The van der Waals surface area contributed by atoms with E-state index in [1.54, 1.807) is 31.2 Å². The summed E-state index contributed by atoms with van der Waals surface area (Å²) in [6.07, 6.45) is 1.64. The average Bonchev–Trinajstić information content (AvgIpc) is 2.23. The van der Waals surface area contributed by atoms with Crippen molar-refractivity contribution >= 4 is 11.6 Å². The van der Waals surface area contributed by atoms with Gasteiger partial charge in [0.1, 0.15) is 0 Å². The summed E-state index contributed by atoms with van der Waals surface area (Å²) in [5.74, 6) is 7.53. The molecule has 1 aromatic rings. The van der Waals surface area contributed by atoms with Crippen molar-refractivity contribution < 1.29 is 42.5 Å². The monoisotopic (exact) mass is 201 g/mol. The third kappa shape index (κ3) is 2.55. The van der Waals surface area contributed by atoms with Gasteiger partial charge in [-0.05, 0) is 12.6 Å². The predicted molar refractivity (Wildman–Crippen MR) is 53.7 cm³/mol. The maximum Gasteiger partial charge on any atom is 1.00 e. The van der Waals surface area contributed by atoms with Gasteiger partial charge in [0.05, 0.1) is 0 Å². The molecule has 0 saturated heterocycles. The summed E-state index contributed by atoms with van der Waals surface area (Å²) in [6.45, 7) is 1.75. The standard InChI is InChI=1S/C10H10N3O.2Li/c1-2-9-12-8-6-4-3-5-7(8)10(14)13(9)11;;/h2-6,11H,1H3,(H,12,14);;/q-1;2*+1/p-1/b9-2+;;. The third-order valence-electron chi connectivity index (χ3n) is 2.06. The molecule has 1 heterocycles. The minimum Gasteiger partial charge on any atom is -0.676 e. The van der Waals surface area contributed by atoms with Gasteiger partial charge in [0.15, 0.2) is 5.91 Å². The van der Waals surface area contributed by atoms with E-state index >= 15 is 0 Å². The molecule has 1 N–H and O–H groups in total. The Morgan fingerprint density at radius 2 is 1.94 bits per heavy atom. The second kappa shape index (κ2) is 6.20. The first-order chi connectivity index (χ1) is 6.74. The van der Waals surface area contributed by atoms with Crippen molar-refractivity contribution in [3.8, 4) is 0 Å². The van der Waals surface area contributed by atoms with E-state index in [1.165, 1.54) is 0 Å². The molecular formula is C10H9Li2N3O. The first-order valence-electron chi connectivity index (χ1n) is 4.27. The molecule has 0 unspecified atom stereocenters. The number of benzene rings is 1. The van der Waals surface area contributed by atoms with Gasteiger partial charge < -0.3 is 16.2 Å². The molecule has 0 aliphatic carbocycles. The van der Waals surface area contributed by atoms with Gasteiger partial charge in [-0.3, -0.25) is 4.79 Å². The van der Waals surface area contributed by atoms with Gasteiger partial charge in [-0.1, -0.05) is 36.2 Å². The van der Waals surface area contributed by atoms with E-state index in [4.69, 9.17) is 5.84 Å². The maximum atomic E-state index is 11.6.